The highest BCUT2D eigenvalue weighted by Crippen LogP contribution is 2.29. The second-order valence-electron chi connectivity index (χ2n) is 7.27. The van der Waals surface area contributed by atoms with Crippen molar-refractivity contribution >= 4 is 11.6 Å². The normalized spacial score (nSPS) is 15.9. The number of benzene rings is 1. The number of ether oxygens (including phenoxy) is 1. The minimum atomic E-state index is -4.47. The molecule has 0 atom stereocenters. The number of anilines is 1. The zero-order valence-corrected chi connectivity index (χ0v) is 16.2. The Morgan fingerprint density at radius 3 is 2.48 bits per heavy atom. The summed E-state index contributed by atoms with van der Waals surface area (Å²) in [6, 6.07) is 11.5. The number of hydrogen-bond acceptors (Lipinski definition) is 4. The molecule has 1 aromatic carbocycles. The lowest BCUT2D eigenvalue weighted by Crippen LogP contribution is -2.35. The minimum Gasteiger partial charge on any atom is -0.477 e. The predicted octanol–water partition coefficient (Wildman–Crippen LogP) is 4.35. The smallest absolute Gasteiger partial charge is 0.433 e. The van der Waals surface area contributed by atoms with Gasteiger partial charge < -0.3 is 10.1 Å². The van der Waals surface area contributed by atoms with Gasteiger partial charge in [-0.05, 0) is 55.6 Å². The lowest BCUT2D eigenvalue weighted by Gasteiger charge is -2.31. The third-order valence-corrected chi connectivity index (χ3v) is 4.87. The first-order chi connectivity index (χ1) is 13.8. The molecule has 1 fully saturated rings. The Morgan fingerprint density at radius 2 is 1.86 bits per heavy atom. The molecule has 1 saturated heterocycles. The van der Waals surface area contributed by atoms with Gasteiger partial charge in [0.2, 0.25) is 11.8 Å². The summed E-state index contributed by atoms with van der Waals surface area (Å²) in [4.78, 5) is 16.9. The molecule has 8 heteroatoms. The number of rotatable bonds is 6. The lowest BCUT2D eigenvalue weighted by atomic mass is 9.97. The van der Waals surface area contributed by atoms with Gasteiger partial charge in [0, 0.05) is 25.2 Å². The third kappa shape index (κ3) is 6.45. The number of halogens is 3. The molecule has 1 N–H and O–H groups in total. The molecule has 0 bridgehead atoms. The van der Waals surface area contributed by atoms with Crippen LogP contribution in [0.15, 0.2) is 42.5 Å². The molecule has 29 heavy (non-hydrogen) atoms. The Kier molecular flexibility index (Phi) is 6.74. The number of aromatic nitrogens is 1. The molecular formula is C21H24F3N3O2. The quantitative estimate of drug-likeness (QED) is 0.774. The summed E-state index contributed by atoms with van der Waals surface area (Å²) < 4.78 is 43.7. The first-order valence-corrected chi connectivity index (χ1v) is 9.55. The molecule has 1 amide bonds. The Hall–Kier alpha value is -2.61. The van der Waals surface area contributed by atoms with Gasteiger partial charge in [-0.3, -0.25) is 9.69 Å². The van der Waals surface area contributed by atoms with Crippen molar-refractivity contribution < 1.29 is 22.7 Å². The fourth-order valence-corrected chi connectivity index (χ4v) is 3.32. The van der Waals surface area contributed by atoms with Crippen LogP contribution in [0, 0.1) is 5.92 Å². The number of carbonyl (C=O) groups is 1. The standard InChI is InChI=1S/C21H24F3N3O2/c1-15(28)25-18-7-5-16(6-8-18)13-27-11-9-17(10-12-27)14-29-20-4-2-3-19(26-20)21(22,23)24/h2-8,17H,9-14H2,1H3,(H,25,28). The molecule has 2 aromatic rings. The summed E-state index contributed by atoms with van der Waals surface area (Å²) in [5, 5.41) is 2.75. The number of piperidine rings is 1. The highest BCUT2D eigenvalue weighted by Gasteiger charge is 2.32. The summed E-state index contributed by atoms with van der Waals surface area (Å²) in [7, 11) is 0. The van der Waals surface area contributed by atoms with E-state index in [1.165, 1.54) is 24.6 Å². The zero-order valence-electron chi connectivity index (χ0n) is 16.2. The van der Waals surface area contributed by atoms with Crippen molar-refractivity contribution in [2.45, 2.75) is 32.5 Å². The maximum atomic E-state index is 12.7. The molecule has 0 saturated carbocycles. The highest BCUT2D eigenvalue weighted by atomic mass is 19.4. The van der Waals surface area contributed by atoms with Crippen molar-refractivity contribution in [2.75, 3.05) is 25.0 Å². The van der Waals surface area contributed by atoms with Crippen molar-refractivity contribution in [1.82, 2.24) is 9.88 Å². The van der Waals surface area contributed by atoms with Crippen LogP contribution in [-0.2, 0) is 17.5 Å². The van der Waals surface area contributed by atoms with Crippen molar-refractivity contribution in [1.29, 1.82) is 0 Å². The number of hydrogen-bond donors (Lipinski definition) is 1. The molecular weight excluding hydrogens is 383 g/mol. The molecule has 0 unspecified atom stereocenters. The summed E-state index contributed by atoms with van der Waals surface area (Å²) in [6.07, 6.45) is -2.63. The third-order valence-electron chi connectivity index (χ3n) is 4.87. The average molecular weight is 407 g/mol. The van der Waals surface area contributed by atoms with Crippen molar-refractivity contribution in [3.63, 3.8) is 0 Å². The van der Waals surface area contributed by atoms with Gasteiger partial charge in [0.05, 0.1) is 6.61 Å². The summed E-state index contributed by atoms with van der Waals surface area (Å²) in [6.45, 7) is 4.47. The number of nitrogens with one attached hydrogen (secondary N) is 1. The van der Waals surface area contributed by atoms with Gasteiger partial charge in [0.15, 0.2) is 0 Å². The second-order valence-corrected chi connectivity index (χ2v) is 7.27. The van der Waals surface area contributed by atoms with E-state index >= 15 is 0 Å². The van der Waals surface area contributed by atoms with Crippen LogP contribution in [0.5, 0.6) is 5.88 Å². The predicted molar refractivity (Wildman–Crippen MR) is 103 cm³/mol. The molecule has 1 aliphatic heterocycles. The molecule has 0 aliphatic carbocycles. The fourth-order valence-electron chi connectivity index (χ4n) is 3.32. The largest absolute Gasteiger partial charge is 0.477 e. The topological polar surface area (TPSA) is 54.5 Å². The molecule has 2 heterocycles. The van der Waals surface area contributed by atoms with Crippen LogP contribution in [0.1, 0.15) is 31.0 Å². The maximum Gasteiger partial charge on any atom is 0.433 e. The van der Waals surface area contributed by atoms with Crippen LogP contribution < -0.4 is 10.1 Å². The maximum absolute atomic E-state index is 12.7. The van der Waals surface area contributed by atoms with E-state index in [0.29, 0.717) is 12.5 Å². The van der Waals surface area contributed by atoms with Gasteiger partial charge in [-0.1, -0.05) is 18.2 Å². The van der Waals surface area contributed by atoms with Gasteiger partial charge in [-0.2, -0.15) is 13.2 Å². The van der Waals surface area contributed by atoms with Crippen molar-refractivity contribution in [3.8, 4) is 5.88 Å². The van der Waals surface area contributed by atoms with E-state index in [-0.39, 0.29) is 11.8 Å². The van der Waals surface area contributed by atoms with Crippen LogP contribution in [0.25, 0.3) is 0 Å². The SMILES string of the molecule is CC(=O)Nc1ccc(CN2CCC(COc3cccc(C(F)(F)F)n3)CC2)cc1. The second kappa shape index (κ2) is 9.26. The van der Waals surface area contributed by atoms with Crippen molar-refractivity contribution in [2.24, 2.45) is 5.92 Å². The summed E-state index contributed by atoms with van der Waals surface area (Å²) in [5.41, 5.74) is 1.01. The fraction of sp³-hybridized carbons (Fsp3) is 0.429. The van der Waals surface area contributed by atoms with Crippen LogP contribution >= 0.6 is 0 Å². The van der Waals surface area contributed by atoms with Gasteiger partial charge in [0.25, 0.3) is 0 Å². The van der Waals surface area contributed by atoms with Gasteiger partial charge in [-0.15, -0.1) is 0 Å². The van der Waals surface area contributed by atoms with Crippen LogP contribution in [0.4, 0.5) is 18.9 Å². The van der Waals surface area contributed by atoms with E-state index in [4.69, 9.17) is 4.74 Å². The molecule has 1 aliphatic rings. The molecule has 1 aromatic heterocycles. The molecule has 3 rings (SSSR count). The monoisotopic (exact) mass is 407 g/mol. The number of pyridine rings is 1. The Morgan fingerprint density at radius 1 is 1.17 bits per heavy atom. The molecule has 5 nitrogen and oxygen atoms in total. The van der Waals surface area contributed by atoms with Crippen molar-refractivity contribution in [3.05, 3.63) is 53.7 Å². The highest BCUT2D eigenvalue weighted by molar-refractivity contribution is 5.88. The summed E-state index contributed by atoms with van der Waals surface area (Å²) >= 11 is 0. The zero-order chi connectivity index (χ0) is 20.9. The molecule has 0 radical (unpaired) electrons. The first-order valence-electron chi connectivity index (χ1n) is 9.55. The van der Waals surface area contributed by atoms with Gasteiger partial charge >= 0.3 is 6.18 Å². The first kappa shape index (κ1) is 21.1. The molecule has 156 valence electrons. The van der Waals surface area contributed by atoms with Gasteiger partial charge in [0.1, 0.15) is 5.69 Å². The number of amides is 1. The van der Waals surface area contributed by atoms with E-state index in [2.05, 4.69) is 15.2 Å². The Labute approximate surface area is 167 Å². The molecule has 0 spiro atoms. The number of carbonyl (C=O) groups excluding carboxylic acids is 1. The summed E-state index contributed by atoms with van der Waals surface area (Å²) in [5.74, 6) is 0.216. The van der Waals surface area contributed by atoms with E-state index < -0.39 is 11.9 Å². The Balaban J connectivity index is 1.43. The van der Waals surface area contributed by atoms with E-state index in [9.17, 15) is 18.0 Å². The minimum absolute atomic E-state index is 0.0153. The van der Waals surface area contributed by atoms with E-state index in [1.54, 1.807) is 0 Å². The Bertz CT molecular complexity index is 817. The van der Waals surface area contributed by atoms with Crippen LogP contribution in [0.2, 0.25) is 0 Å². The average Bonchev–Trinajstić information content (AvgIpc) is 2.68. The number of nitrogens with zero attached hydrogens (tertiary/aromatic N) is 2. The van der Waals surface area contributed by atoms with Crippen LogP contribution in [0.3, 0.4) is 0 Å². The number of alkyl halides is 3. The van der Waals surface area contributed by atoms with E-state index in [1.807, 2.05) is 24.3 Å². The van der Waals surface area contributed by atoms with Crippen LogP contribution in [-0.4, -0.2) is 35.5 Å². The lowest BCUT2D eigenvalue weighted by molar-refractivity contribution is -0.141. The van der Waals surface area contributed by atoms with Gasteiger partial charge in [-0.25, -0.2) is 4.98 Å². The van der Waals surface area contributed by atoms with E-state index in [0.717, 1.165) is 44.2 Å². The number of likely N-dealkylation sites (tertiary alicyclic amines) is 1.